The molecule has 1 aliphatic rings. The van der Waals surface area contributed by atoms with Gasteiger partial charge in [0.1, 0.15) is 16.7 Å². The van der Waals surface area contributed by atoms with Crippen LogP contribution in [-0.2, 0) is 0 Å². The van der Waals surface area contributed by atoms with Gasteiger partial charge in [-0.25, -0.2) is 0 Å². The van der Waals surface area contributed by atoms with E-state index in [1.54, 1.807) is 0 Å². The summed E-state index contributed by atoms with van der Waals surface area (Å²) >= 11 is 3.40. The van der Waals surface area contributed by atoms with Crippen LogP contribution in [0.1, 0.15) is 17.3 Å². The largest absolute Gasteiger partial charge is 0.488 e. The molecule has 2 aromatic carbocycles. The third-order valence-corrected chi connectivity index (χ3v) is 4.27. The molecule has 2 atom stereocenters. The number of ether oxygens (including phenoxy) is 1. The number of rotatable bonds is 0. The fourth-order valence-electron chi connectivity index (χ4n) is 2.21. The Balaban J connectivity index is 2.33. The van der Waals surface area contributed by atoms with Crippen LogP contribution in [0.25, 0.3) is 10.8 Å². The summed E-state index contributed by atoms with van der Waals surface area (Å²) in [6, 6.07) is 11.7. The number of hydrogen-bond acceptors (Lipinski definition) is 2. The number of benzene rings is 2. The van der Waals surface area contributed by atoms with Gasteiger partial charge in [0.25, 0.3) is 0 Å². The number of ketones is 1. The highest BCUT2D eigenvalue weighted by Crippen LogP contribution is 2.35. The quantitative estimate of drug-likeness (QED) is 0.694. The molecular weight excluding hydrogens is 280 g/mol. The van der Waals surface area contributed by atoms with Crippen molar-refractivity contribution in [2.45, 2.75) is 17.9 Å². The molecule has 0 bridgehead atoms. The van der Waals surface area contributed by atoms with E-state index in [0.717, 1.165) is 10.8 Å². The fourth-order valence-corrected chi connectivity index (χ4v) is 2.55. The van der Waals surface area contributed by atoms with E-state index >= 15 is 0 Å². The number of hydrogen-bond donors (Lipinski definition) is 0. The maximum atomic E-state index is 12.3. The number of halogens is 1. The topological polar surface area (TPSA) is 26.3 Å². The number of carbonyl (C=O) groups excluding carboxylic acids is 1. The SMILES string of the molecule is CC1Oc2ccc3ccccc3c2C(=O)C1Br. The summed E-state index contributed by atoms with van der Waals surface area (Å²) in [6.07, 6.45) is -0.129. The van der Waals surface area contributed by atoms with Gasteiger partial charge in [-0.15, -0.1) is 0 Å². The normalized spacial score (nSPS) is 23.3. The minimum Gasteiger partial charge on any atom is -0.488 e. The summed E-state index contributed by atoms with van der Waals surface area (Å²) in [4.78, 5) is 12.1. The van der Waals surface area contributed by atoms with Crippen molar-refractivity contribution in [2.75, 3.05) is 0 Å². The fraction of sp³-hybridized carbons (Fsp3) is 0.214. The zero-order valence-corrected chi connectivity index (χ0v) is 10.9. The molecule has 1 aliphatic heterocycles. The predicted molar refractivity (Wildman–Crippen MR) is 71.1 cm³/mol. The van der Waals surface area contributed by atoms with Crippen LogP contribution in [0.2, 0.25) is 0 Å². The molecule has 2 unspecified atom stereocenters. The second-order valence-electron chi connectivity index (χ2n) is 4.25. The average molecular weight is 291 g/mol. The highest BCUT2D eigenvalue weighted by atomic mass is 79.9. The molecule has 0 fully saturated rings. The van der Waals surface area contributed by atoms with Gasteiger partial charge in [-0.1, -0.05) is 46.3 Å². The molecule has 2 nitrogen and oxygen atoms in total. The first-order chi connectivity index (χ1) is 8.18. The van der Waals surface area contributed by atoms with Gasteiger partial charge in [-0.2, -0.15) is 0 Å². The van der Waals surface area contributed by atoms with Crippen molar-refractivity contribution < 1.29 is 9.53 Å². The lowest BCUT2D eigenvalue weighted by atomic mass is 9.95. The highest BCUT2D eigenvalue weighted by Gasteiger charge is 2.33. The Labute approximate surface area is 108 Å². The lowest BCUT2D eigenvalue weighted by Crippen LogP contribution is -2.36. The first-order valence-electron chi connectivity index (χ1n) is 5.55. The van der Waals surface area contributed by atoms with Crippen molar-refractivity contribution >= 4 is 32.5 Å². The molecule has 1 heterocycles. The van der Waals surface area contributed by atoms with E-state index < -0.39 is 0 Å². The van der Waals surface area contributed by atoms with Crippen LogP contribution in [0, 0.1) is 0 Å². The first kappa shape index (κ1) is 10.8. The molecule has 0 saturated heterocycles. The lowest BCUT2D eigenvalue weighted by Gasteiger charge is -2.27. The minimum atomic E-state index is -0.263. The maximum Gasteiger partial charge on any atom is 0.184 e. The van der Waals surface area contributed by atoms with Crippen LogP contribution in [0.4, 0.5) is 0 Å². The smallest absolute Gasteiger partial charge is 0.184 e. The van der Waals surface area contributed by atoms with E-state index in [1.807, 2.05) is 43.3 Å². The van der Waals surface area contributed by atoms with Gasteiger partial charge in [0.05, 0.1) is 5.56 Å². The molecule has 3 rings (SSSR count). The number of Topliss-reactive ketones (excluding diaryl/α,β-unsaturated/α-hetero) is 1. The summed E-state index contributed by atoms with van der Waals surface area (Å²) in [5.41, 5.74) is 0.697. The number of carbonyl (C=O) groups is 1. The van der Waals surface area contributed by atoms with Crippen LogP contribution >= 0.6 is 15.9 Å². The highest BCUT2D eigenvalue weighted by molar-refractivity contribution is 9.10. The van der Waals surface area contributed by atoms with Crippen molar-refractivity contribution in [3.05, 3.63) is 42.0 Å². The summed E-state index contributed by atoms with van der Waals surface area (Å²) in [5.74, 6) is 0.799. The molecular formula is C14H11BrO2. The molecule has 17 heavy (non-hydrogen) atoms. The lowest BCUT2D eigenvalue weighted by molar-refractivity contribution is 0.0894. The molecule has 3 heteroatoms. The Morgan fingerprint density at radius 2 is 1.94 bits per heavy atom. The summed E-state index contributed by atoms with van der Waals surface area (Å²) in [6.45, 7) is 1.90. The number of alkyl halides is 1. The second kappa shape index (κ2) is 3.84. The Morgan fingerprint density at radius 1 is 1.18 bits per heavy atom. The van der Waals surface area contributed by atoms with Gasteiger partial charge in [-0.05, 0) is 23.8 Å². The molecule has 0 radical (unpaired) electrons. The van der Waals surface area contributed by atoms with Gasteiger partial charge >= 0.3 is 0 Å². The van der Waals surface area contributed by atoms with E-state index in [9.17, 15) is 4.79 Å². The molecule has 0 N–H and O–H groups in total. The summed E-state index contributed by atoms with van der Waals surface area (Å²) in [7, 11) is 0. The van der Waals surface area contributed by atoms with Crippen LogP contribution in [-0.4, -0.2) is 16.7 Å². The zero-order valence-electron chi connectivity index (χ0n) is 9.31. The van der Waals surface area contributed by atoms with Crippen molar-refractivity contribution in [1.82, 2.24) is 0 Å². The maximum absolute atomic E-state index is 12.3. The van der Waals surface area contributed by atoms with Crippen molar-refractivity contribution in [1.29, 1.82) is 0 Å². The third-order valence-electron chi connectivity index (χ3n) is 3.11. The van der Waals surface area contributed by atoms with Crippen molar-refractivity contribution in [3.63, 3.8) is 0 Å². The molecule has 0 saturated carbocycles. The van der Waals surface area contributed by atoms with E-state index in [-0.39, 0.29) is 16.7 Å². The second-order valence-corrected chi connectivity index (χ2v) is 5.24. The number of fused-ring (bicyclic) bond motifs is 3. The Hall–Kier alpha value is -1.35. The van der Waals surface area contributed by atoms with Gasteiger partial charge in [0, 0.05) is 0 Å². The first-order valence-corrected chi connectivity index (χ1v) is 6.47. The third kappa shape index (κ3) is 1.57. The van der Waals surface area contributed by atoms with Gasteiger partial charge < -0.3 is 4.74 Å². The molecule has 0 spiro atoms. The van der Waals surface area contributed by atoms with Crippen molar-refractivity contribution in [2.24, 2.45) is 0 Å². The van der Waals surface area contributed by atoms with Crippen LogP contribution < -0.4 is 4.74 Å². The predicted octanol–water partition coefficient (Wildman–Crippen LogP) is 3.57. The molecule has 2 aromatic rings. The van der Waals surface area contributed by atoms with E-state index in [1.165, 1.54) is 0 Å². The van der Waals surface area contributed by atoms with Crippen molar-refractivity contribution in [3.8, 4) is 5.75 Å². The van der Waals surface area contributed by atoms with Crippen LogP contribution in [0.5, 0.6) is 5.75 Å². The van der Waals surface area contributed by atoms with Gasteiger partial charge in [0.2, 0.25) is 0 Å². The zero-order chi connectivity index (χ0) is 12.0. The Kier molecular flexibility index (Phi) is 2.44. The van der Waals surface area contributed by atoms with E-state index in [0.29, 0.717) is 11.3 Å². The van der Waals surface area contributed by atoms with E-state index in [4.69, 9.17) is 4.74 Å². The molecule has 0 aliphatic carbocycles. The average Bonchev–Trinajstić information content (AvgIpc) is 2.35. The monoisotopic (exact) mass is 290 g/mol. The summed E-state index contributed by atoms with van der Waals surface area (Å²) < 4.78 is 5.75. The van der Waals surface area contributed by atoms with Crippen LogP contribution in [0.3, 0.4) is 0 Å². The van der Waals surface area contributed by atoms with Gasteiger partial charge in [-0.3, -0.25) is 4.79 Å². The Bertz CT molecular complexity index is 606. The van der Waals surface area contributed by atoms with Crippen LogP contribution in [0.15, 0.2) is 36.4 Å². The van der Waals surface area contributed by atoms with E-state index in [2.05, 4.69) is 15.9 Å². The Morgan fingerprint density at radius 3 is 2.76 bits per heavy atom. The van der Waals surface area contributed by atoms with Gasteiger partial charge in [0.15, 0.2) is 5.78 Å². The molecule has 86 valence electrons. The standard InChI is InChI=1S/C14H11BrO2/c1-8-13(15)14(16)12-10-5-3-2-4-9(10)6-7-11(12)17-8/h2-8,13H,1H3. The summed E-state index contributed by atoms with van der Waals surface area (Å²) in [5, 5.41) is 2.03. The minimum absolute atomic E-state index is 0.107. The molecule has 0 amide bonds. The molecule has 0 aromatic heterocycles.